The maximum Gasteiger partial charge on any atom is 0.488 e. The van der Waals surface area contributed by atoms with Gasteiger partial charge < -0.3 is 10.0 Å². The number of carbonyl (C=O) groups excluding carboxylic acids is 1. The van der Waals surface area contributed by atoms with E-state index in [4.69, 9.17) is 15.6 Å². The van der Waals surface area contributed by atoms with Gasteiger partial charge in [0.15, 0.2) is 0 Å². The molecule has 0 aliphatic carbocycles. The quantitative estimate of drug-likeness (QED) is 0.250. The summed E-state index contributed by atoms with van der Waals surface area (Å²) >= 11 is 0. The molecule has 0 saturated carbocycles. The lowest BCUT2D eigenvalue weighted by Gasteiger charge is -2.09. The zero-order valence-electron chi connectivity index (χ0n) is 8.66. The fourth-order valence-corrected chi connectivity index (χ4v) is 1.42. The molecule has 0 aliphatic rings. The summed E-state index contributed by atoms with van der Waals surface area (Å²) in [5, 5.41) is 21.6. The lowest BCUT2D eigenvalue weighted by molar-refractivity contribution is 0.112. The Morgan fingerprint density at radius 2 is 2.25 bits per heavy atom. The minimum atomic E-state index is -1.65. The number of aldehydes is 1. The van der Waals surface area contributed by atoms with Gasteiger partial charge in [-0.05, 0) is 35.1 Å². The summed E-state index contributed by atoms with van der Waals surface area (Å²) in [4.78, 5) is 13.4. The van der Waals surface area contributed by atoms with Crippen molar-refractivity contribution in [2.45, 2.75) is 13.5 Å². The predicted octanol–water partition coefficient (Wildman–Crippen LogP) is 0.298. The predicted molar refractivity (Wildman–Crippen MR) is 59.2 cm³/mol. The van der Waals surface area contributed by atoms with Gasteiger partial charge in [-0.15, -0.1) is 0 Å². The molecule has 7 heteroatoms. The molecule has 82 valence electrons. The monoisotopic (exact) mass is 219 g/mol. The summed E-state index contributed by atoms with van der Waals surface area (Å²) in [6.45, 7) is 1.69. The Labute approximate surface area is 92.3 Å². The second-order valence-electron chi connectivity index (χ2n) is 3.28. The number of hydrogen-bond donors (Lipinski definition) is 2. The highest BCUT2D eigenvalue weighted by molar-refractivity contribution is 6.59. The van der Waals surface area contributed by atoms with Crippen molar-refractivity contribution in [2.75, 3.05) is 0 Å². The van der Waals surface area contributed by atoms with Crippen LogP contribution in [-0.4, -0.2) is 23.5 Å². The van der Waals surface area contributed by atoms with Crippen molar-refractivity contribution in [2.24, 2.45) is 5.11 Å². The average Bonchev–Trinajstić information content (AvgIpc) is 2.27. The molecule has 16 heavy (non-hydrogen) atoms. The second kappa shape index (κ2) is 5.32. The fraction of sp³-hybridized carbons (Fsp3) is 0.222. The number of benzene rings is 1. The number of azide groups is 1. The second-order valence-corrected chi connectivity index (χ2v) is 3.28. The van der Waals surface area contributed by atoms with Crippen LogP contribution >= 0.6 is 0 Å². The van der Waals surface area contributed by atoms with Gasteiger partial charge in [0, 0.05) is 10.5 Å². The van der Waals surface area contributed by atoms with E-state index in [2.05, 4.69) is 10.0 Å². The normalized spacial score (nSPS) is 9.44. The third-order valence-electron chi connectivity index (χ3n) is 2.27. The molecule has 1 rings (SSSR count). The first-order valence-corrected chi connectivity index (χ1v) is 4.55. The molecular weight excluding hydrogens is 209 g/mol. The fourth-order valence-electron chi connectivity index (χ4n) is 1.42. The standard InChI is InChI=1S/C9H10BN3O3/c1-6-8(5-14)2-7(4-12-13-11)3-9(6)10(15)16/h2-3,5,15-16H,4H2,1H3. The van der Waals surface area contributed by atoms with E-state index in [0.29, 0.717) is 23.0 Å². The van der Waals surface area contributed by atoms with Gasteiger partial charge in [0.2, 0.25) is 0 Å². The van der Waals surface area contributed by atoms with Gasteiger partial charge in [-0.2, -0.15) is 0 Å². The van der Waals surface area contributed by atoms with Gasteiger partial charge in [0.1, 0.15) is 6.29 Å². The topological polar surface area (TPSA) is 106 Å². The van der Waals surface area contributed by atoms with Crippen LogP contribution in [0.1, 0.15) is 21.5 Å². The zero-order valence-corrected chi connectivity index (χ0v) is 8.66. The van der Waals surface area contributed by atoms with Gasteiger partial charge >= 0.3 is 7.12 Å². The minimum absolute atomic E-state index is 0.0668. The number of rotatable bonds is 4. The summed E-state index contributed by atoms with van der Waals surface area (Å²) in [6.07, 6.45) is 0.626. The van der Waals surface area contributed by atoms with E-state index in [9.17, 15) is 4.79 Å². The van der Waals surface area contributed by atoms with Crippen molar-refractivity contribution in [1.82, 2.24) is 0 Å². The molecule has 0 aromatic heterocycles. The smallest absolute Gasteiger partial charge is 0.423 e. The first-order chi connectivity index (χ1) is 7.60. The van der Waals surface area contributed by atoms with Crippen LogP contribution in [0.4, 0.5) is 0 Å². The van der Waals surface area contributed by atoms with Crippen molar-refractivity contribution in [3.05, 3.63) is 39.3 Å². The molecule has 1 aromatic carbocycles. The number of carbonyl (C=O) groups is 1. The molecule has 0 saturated heterocycles. The molecule has 0 fully saturated rings. The summed E-state index contributed by atoms with van der Waals surface area (Å²) in [5.41, 5.74) is 9.85. The Morgan fingerprint density at radius 1 is 1.56 bits per heavy atom. The van der Waals surface area contributed by atoms with E-state index in [1.165, 1.54) is 6.07 Å². The average molecular weight is 219 g/mol. The summed E-state index contributed by atoms with van der Waals surface area (Å²) in [7, 11) is -1.65. The van der Waals surface area contributed by atoms with Gasteiger partial charge in [-0.1, -0.05) is 11.2 Å². The van der Waals surface area contributed by atoms with Crippen molar-refractivity contribution in [3.63, 3.8) is 0 Å². The van der Waals surface area contributed by atoms with E-state index < -0.39 is 7.12 Å². The number of nitrogens with zero attached hydrogens (tertiary/aromatic N) is 3. The third-order valence-corrected chi connectivity index (χ3v) is 2.27. The van der Waals surface area contributed by atoms with E-state index in [-0.39, 0.29) is 12.0 Å². The van der Waals surface area contributed by atoms with Crippen LogP contribution < -0.4 is 5.46 Å². The summed E-state index contributed by atoms with van der Waals surface area (Å²) in [5.74, 6) is 0. The van der Waals surface area contributed by atoms with Crippen LogP contribution in [0.3, 0.4) is 0 Å². The van der Waals surface area contributed by atoms with E-state index in [1.54, 1.807) is 13.0 Å². The van der Waals surface area contributed by atoms with Crippen LogP contribution in [0, 0.1) is 6.92 Å². The maximum atomic E-state index is 10.8. The van der Waals surface area contributed by atoms with Gasteiger partial charge in [0.25, 0.3) is 0 Å². The number of hydrogen-bond acceptors (Lipinski definition) is 4. The maximum absolute atomic E-state index is 10.8. The molecule has 0 radical (unpaired) electrons. The zero-order chi connectivity index (χ0) is 12.1. The first kappa shape index (κ1) is 12.3. The van der Waals surface area contributed by atoms with Crippen molar-refractivity contribution >= 4 is 18.9 Å². The molecule has 1 aromatic rings. The highest BCUT2D eigenvalue weighted by Crippen LogP contribution is 2.09. The van der Waals surface area contributed by atoms with Crippen LogP contribution in [-0.2, 0) is 6.54 Å². The highest BCUT2D eigenvalue weighted by Gasteiger charge is 2.17. The minimum Gasteiger partial charge on any atom is -0.423 e. The molecule has 0 aliphatic heterocycles. The van der Waals surface area contributed by atoms with Gasteiger partial charge in [-0.3, -0.25) is 4.79 Å². The molecule has 2 N–H and O–H groups in total. The van der Waals surface area contributed by atoms with E-state index in [1.807, 2.05) is 0 Å². The molecule has 0 unspecified atom stereocenters. The Balaban J connectivity index is 3.27. The van der Waals surface area contributed by atoms with Crippen molar-refractivity contribution in [3.8, 4) is 0 Å². The molecule has 0 atom stereocenters. The SMILES string of the molecule is Cc1c(C=O)cc(CN=[N+]=[N-])cc1B(O)O. The van der Waals surface area contributed by atoms with Crippen LogP contribution in [0.2, 0.25) is 0 Å². The molecule has 6 nitrogen and oxygen atoms in total. The van der Waals surface area contributed by atoms with Gasteiger partial charge in [0.05, 0.1) is 6.54 Å². The van der Waals surface area contributed by atoms with Crippen LogP contribution in [0.25, 0.3) is 10.4 Å². The molecule has 0 bridgehead atoms. The Kier molecular flexibility index (Phi) is 4.07. The molecule has 0 heterocycles. The highest BCUT2D eigenvalue weighted by atomic mass is 16.4. The Hall–Kier alpha value is -1.82. The first-order valence-electron chi connectivity index (χ1n) is 4.55. The molecule has 0 amide bonds. The Morgan fingerprint density at radius 3 is 2.75 bits per heavy atom. The molecule has 0 spiro atoms. The summed E-state index contributed by atoms with van der Waals surface area (Å²) in [6, 6.07) is 3.06. The van der Waals surface area contributed by atoms with Crippen molar-refractivity contribution < 1.29 is 14.8 Å². The third kappa shape index (κ3) is 2.61. The van der Waals surface area contributed by atoms with E-state index in [0.717, 1.165) is 0 Å². The van der Waals surface area contributed by atoms with Crippen LogP contribution in [0.15, 0.2) is 17.2 Å². The Bertz CT molecular complexity index is 456. The molecular formula is C9H10BN3O3. The largest absolute Gasteiger partial charge is 0.488 e. The summed E-state index contributed by atoms with van der Waals surface area (Å²) < 4.78 is 0. The van der Waals surface area contributed by atoms with Gasteiger partial charge in [-0.25, -0.2) is 0 Å². The van der Waals surface area contributed by atoms with Crippen LogP contribution in [0.5, 0.6) is 0 Å². The van der Waals surface area contributed by atoms with Crippen molar-refractivity contribution in [1.29, 1.82) is 0 Å². The lowest BCUT2D eigenvalue weighted by Crippen LogP contribution is -2.33. The van der Waals surface area contributed by atoms with E-state index >= 15 is 0 Å². The lowest BCUT2D eigenvalue weighted by atomic mass is 9.75.